The van der Waals surface area contributed by atoms with Gasteiger partial charge in [0.1, 0.15) is 6.17 Å². The molecule has 1 N–H and O–H groups in total. The summed E-state index contributed by atoms with van der Waals surface area (Å²) in [5, 5.41) is 7.64. The molecule has 2 atom stereocenters. The zero-order valence-electron chi connectivity index (χ0n) is 18.1. The number of halogens is 1. The molecule has 0 spiro atoms. The fourth-order valence-electron chi connectivity index (χ4n) is 5.08. The van der Waals surface area contributed by atoms with E-state index in [9.17, 15) is 9.18 Å². The van der Waals surface area contributed by atoms with Crippen molar-refractivity contribution in [3.8, 4) is 11.1 Å². The van der Waals surface area contributed by atoms with Crippen LogP contribution in [0.2, 0.25) is 0 Å². The van der Waals surface area contributed by atoms with E-state index in [4.69, 9.17) is 0 Å². The molecule has 3 fully saturated rings. The number of carbonyl (C=O) groups excluding carboxylic acids is 1. The number of benzene rings is 1. The fraction of sp³-hybridized carbons (Fsp3) is 0.440. The summed E-state index contributed by atoms with van der Waals surface area (Å²) in [5.41, 5.74) is 5.47. The van der Waals surface area contributed by atoms with Gasteiger partial charge in [0.2, 0.25) is 5.91 Å². The highest BCUT2D eigenvalue weighted by Gasteiger charge is 2.34. The molecule has 6 nitrogen and oxygen atoms in total. The number of hydrogen-bond donors (Lipinski definition) is 1. The Morgan fingerprint density at radius 1 is 1.00 bits per heavy atom. The highest BCUT2D eigenvalue weighted by molar-refractivity contribution is 5.82. The topological polar surface area (TPSA) is 52.9 Å². The van der Waals surface area contributed by atoms with Gasteiger partial charge in [0, 0.05) is 69.1 Å². The highest BCUT2D eigenvalue weighted by Crippen LogP contribution is 2.33. The zero-order chi connectivity index (χ0) is 21.7. The van der Waals surface area contributed by atoms with E-state index in [1.165, 1.54) is 0 Å². The minimum absolute atomic E-state index is 0.0594. The first-order chi connectivity index (χ1) is 15.7. The standard InChI is InChI=1S/C25H28FN5O/c26-22-15-27-14-21(22)18-3-1-17(2-4-18)20-13-24-23(7-8-28-31(24)16-20)29-9-11-30(12-10-29)25(32)19-5-6-19/h1-4,7-8,13,16,19,21-22,27H,5-6,9-12,14-15H2. The average molecular weight is 434 g/mol. The van der Waals surface area contributed by atoms with E-state index in [-0.39, 0.29) is 11.8 Å². The van der Waals surface area contributed by atoms with Gasteiger partial charge in [0.05, 0.1) is 11.2 Å². The molecule has 166 valence electrons. The van der Waals surface area contributed by atoms with Gasteiger partial charge in [-0.1, -0.05) is 24.3 Å². The summed E-state index contributed by atoms with van der Waals surface area (Å²) in [5.74, 6) is 0.566. The summed E-state index contributed by atoms with van der Waals surface area (Å²) in [4.78, 5) is 16.8. The van der Waals surface area contributed by atoms with Gasteiger partial charge >= 0.3 is 0 Å². The van der Waals surface area contributed by atoms with E-state index in [1.807, 2.05) is 27.7 Å². The van der Waals surface area contributed by atoms with Gasteiger partial charge in [-0.3, -0.25) is 4.79 Å². The Labute approximate surface area is 187 Å². The lowest BCUT2D eigenvalue weighted by Crippen LogP contribution is -2.49. The van der Waals surface area contributed by atoms with Crippen LogP contribution >= 0.6 is 0 Å². The Morgan fingerprint density at radius 2 is 1.78 bits per heavy atom. The lowest BCUT2D eigenvalue weighted by molar-refractivity contribution is -0.132. The molecule has 1 saturated carbocycles. The molecule has 32 heavy (non-hydrogen) atoms. The maximum Gasteiger partial charge on any atom is 0.225 e. The summed E-state index contributed by atoms with van der Waals surface area (Å²) in [7, 11) is 0. The molecule has 2 unspecified atom stereocenters. The first-order valence-corrected chi connectivity index (χ1v) is 11.6. The Bertz CT molecular complexity index is 1130. The minimum atomic E-state index is -0.815. The van der Waals surface area contributed by atoms with E-state index in [1.54, 1.807) is 0 Å². The minimum Gasteiger partial charge on any atom is -0.366 e. The number of nitrogens with one attached hydrogen (secondary N) is 1. The summed E-state index contributed by atoms with van der Waals surface area (Å²) in [6.07, 6.45) is 5.19. The van der Waals surface area contributed by atoms with Crippen molar-refractivity contribution in [3.63, 3.8) is 0 Å². The van der Waals surface area contributed by atoms with Crippen molar-refractivity contribution in [2.45, 2.75) is 24.9 Å². The van der Waals surface area contributed by atoms with Crippen LogP contribution in [0.25, 0.3) is 16.6 Å². The van der Waals surface area contributed by atoms with Crippen LogP contribution in [-0.4, -0.2) is 65.9 Å². The lowest BCUT2D eigenvalue weighted by atomic mass is 9.95. The van der Waals surface area contributed by atoms with E-state index in [0.29, 0.717) is 19.0 Å². The number of hydrogen-bond acceptors (Lipinski definition) is 4. The third kappa shape index (κ3) is 3.54. The van der Waals surface area contributed by atoms with Crippen LogP contribution < -0.4 is 10.2 Å². The van der Waals surface area contributed by atoms with E-state index in [0.717, 1.165) is 66.9 Å². The second-order valence-corrected chi connectivity index (χ2v) is 9.26. The van der Waals surface area contributed by atoms with Crippen molar-refractivity contribution >= 4 is 17.1 Å². The number of aromatic nitrogens is 2. The molecule has 2 aliphatic heterocycles. The van der Waals surface area contributed by atoms with Crippen LogP contribution in [0.3, 0.4) is 0 Å². The quantitative estimate of drug-likeness (QED) is 0.687. The first-order valence-electron chi connectivity index (χ1n) is 11.6. The number of rotatable bonds is 4. The van der Waals surface area contributed by atoms with Crippen LogP contribution in [0.1, 0.15) is 24.3 Å². The second-order valence-electron chi connectivity index (χ2n) is 9.26. The van der Waals surface area contributed by atoms with Gasteiger partial charge < -0.3 is 15.1 Å². The molecule has 3 aliphatic rings. The summed E-state index contributed by atoms with van der Waals surface area (Å²) in [6, 6.07) is 12.5. The molecule has 2 aromatic heterocycles. The maximum absolute atomic E-state index is 14.1. The van der Waals surface area contributed by atoms with Crippen molar-refractivity contribution in [3.05, 3.63) is 54.4 Å². The second kappa shape index (κ2) is 7.89. The molecule has 2 saturated heterocycles. The van der Waals surface area contributed by atoms with Crippen molar-refractivity contribution in [1.82, 2.24) is 19.8 Å². The van der Waals surface area contributed by atoms with E-state index in [2.05, 4.69) is 45.8 Å². The van der Waals surface area contributed by atoms with Gasteiger partial charge in [0.25, 0.3) is 0 Å². The number of anilines is 1. The molecular formula is C25H28FN5O. The smallest absolute Gasteiger partial charge is 0.225 e. The fourth-order valence-corrected chi connectivity index (χ4v) is 5.08. The molecule has 0 bridgehead atoms. The molecule has 0 radical (unpaired) electrons. The number of nitrogens with zero attached hydrogens (tertiary/aromatic N) is 4. The average Bonchev–Trinajstić information content (AvgIpc) is 3.45. The first kappa shape index (κ1) is 19.7. The Kier molecular flexibility index (Phi) is 4.86. The number of piperazine rings is 1. The monoisotopic (exact) mass is 433 g/mol. The molecule has 1 aliphatic carbocycles. The summed E-state index contributed by atoms with van der Waals surface area (Å²) >= 11 is 0. The van der Waals surface area contributed by atoms with Crippen LogP contribution in [-0.2, 0) is 4.79 Å². The molecular weight excluding hydrogens is 405 g/mol. The lowest BCUT2D eigenvalue weighted by Gasteiger charge is -2.36. The highest BCUT2D eigenvalue weighted by atomic mass is 19.1. The number of carbonyl (C=O) groups is 1. The van der Waals surface area contributed by atoms with Crippen molar-refractivity contribution in [2.24, 2.45) is 5.92 Å². The van der Waals surface area contributed by atoms with Gasteiger partial charge in [-0.15, -0.1) is 0 Å². The molecule has 4 heterocycles. The van der Waals surface area contributed by atoms with Gasteiger partial charge in [0.15, 0.2) is 0 Å². The van der Waals surface area contributed by atoms with Gasteiger partial charge in [-0.05, 0) is 36.1 Å². The third-order valence-corrected chi connectivity index (χ3v) is 7.16. The van der Waals surface area contributed by atoms with Crippen LogP contribution in [0.5, 0.6) is 0 Å². The van der Waals surface area contributed by atoms with Crippen LogP contribution in [0, 0.1) is 5.92 Å². The summed E-state index contributed by atoms with van der Waals surface area (Å²) in [6.45, 7) is 4.38. The predicted octanol–water partition coefficient (Wildman–Crippen LogP) is 3.08. The third-order valence-electron chi connectivity index (χ3n) is 7.16. The van der Waals surface area contributed by atoms with E-state index >= 15 is 0 Å². The van der Waals surface area contributed by atoms with Crippen LogP contribution in [0.4, 0.5) is 10.1 Å². The van der Waals surface area contributed by atoms with Gasteiger partial charge in [-0.25, -0.2) is 8.91 Å². The zero-order valence-corrected chi connectivity index (χ0v) is 18.1. The molecule has 7 heteroatoms. The van der Waals surface area contributed by atoms with Crippen LogP contribution in [0.15, 0.2) is 48.8 Å². The molecule has 1 aromatic carbocycles. The SMILES string of the molecule is O=C(C1CC1)N1CCN(c2ccnn3cc(-c4ccc(C5CNCC5F)cc4)cc23)CC1. The Morgan fingerprint density at radius 3 is 2.47 bits per heavy atom. The Balaban J connectivity index is 1.22. The molecule has 3 aromatic rings. The van der Waals surface area contributed by atoms with Crippen molar-refractivity contribution < 1.29 is 9.18 Å². The molecule has 1 amide bonds. The number of amides is 1. The normalized spacial score (nSPS) is 23.8. The van der Waals surface area contributed by atoms with Crippen molar-refractivity contribution in [1.29, 1.82) is 0 Å². The van der Waals surface area contributed by atoms with E-state index < -0.39 is 6.17 Å². The largest absolute Gasteiger partial charge is 0.366 e. The number of fused-ring (bicyclic) bond motifs is 1. The Hall–Kier alpha value is -2.93. The maximum atomic E-state index is 14.1. The number of alkyl halides is 1. The molecule has 6 rings (SSSR count). The van der Waals surface area contributed by atoms with Gasteiger partial charge in [-0.2, -0.15) is 5.10 Å². The van der Waals surface area contributed by atoms with Crippen molar-refractivity contribution in [2.75, 3.05) is 44.2 Å². The predicted molar refractivity (Wildman–Crippen MR) is 123 cm³/mol. The summed E-state index contributed by atoms with van der Waals surface area (Å²) < 4.78 is 16.0.